The highest BCUT2D eigenvalue weighted by Crippen LogP contribution is 2.28. The van der Waals surface area contributed by atoms with Crippen molar-refractivity contribution >= 4 is 48.7 Å². The highest BCUT2D eigenvalue weighted by molar-refractivity contribution is 9.10. The van der Waals surface area contributed by atoms with Crippen LogP contribution in [-0.2, 0) is 16.6 Å². The maximum atomic E-state index is 11.4. The van der Waals surface area contributed by atoms with Crippen molar-refractivity contribution in [3.05, 3.63) is 39.0 Å². The Kier molecular flexibility index (Phi) is 4.38. The molecule has 2 aromatic rings. The van der Waals surface area contributed by atoms with Crippen LogP contribution < -0.4 is 15.8 Å². The number of sulfonamides is 1. The third kappa shape index (κ3) is 3.51. The van der Waals surface area contributed by atoms with Gasteiger partial charge in [-0.05, 0) is 40.2 Å². The first-order valence-electron chi connectivity index (χ1n) is 5.64. The molecule has 0 saturated heterocycles. The number of nitrogens with two attached hydrogens (primary N) is 2. The molecule has 2 rings (SSSR count). The highest BCUT2D eigenvalue weighted by atomic mass is 79.9. The summed E-state index contributed by atoms with van der Waals surface area (Å²) in [5, 5.41) is 7.13. The molecular weight excluding hydrogens is 362 g/mol. The van der Waals surface area contributed by atoms with E-state index in [1.54, 1.807) is 17.4 Å². The van der Waals surface area contributed by atoms with Gasteiger partial charge in [0.1, 0.15) is 0 Å². The van der Waals surface area contributed by atoms with E-state index in [9.17, 15) is 8.42 Å². The van der Waals surface area contributed by atoms with Crippen molar-refractivity contribution in [2.75, 3.05) is 17.7 Å². The van der Waals surface area contributed by atoms with E-state index in [-0.39, 0.29) is 4.90 Å². The molecule has 0 radical (unpaired) electrons. The van der Waals surface area contributed by atoms with Crippen LogP contribution in [0.3, 0.4) is 0 Å². The maximum absolute atomic E-state index is 11.4. The maximum Gasteiger partial charge on any atom is 0.238 e. The van der Waals surface area contributed by atoms with E-state index in [2.05, 4.69) is 15.9 Å². The van der Waals surface area contributed by atoms with Crippen LogP contribution in [-0.4, -0.2) is 15.5 Å². The summed E-state index contributed by atoms with van der Waals surface area (Å²) in [5.74, 6) is 0. The SMILES string of the molecule is CN(Cc1cc(Br)cs1)c1cc(S(N)(=O)=O)ccc1N. The average molecular weight is 376 g/mol. The van der Waals surface area contributed by atoms with E-state index < -0.39 is 10.0 Å². The van der Waals surface area contributed by atoms with E-state index in [0.29, 0.717) is 17.9 Å². The monoisotopic (exact) mass is 375 g/mol. The molecule has 0 saturated carbocycles. The van der Waals surface area contributed by atoms with Gasteiger partial charge in [0.25, 0.3) is 0 Å². The Bertz CT molecular complexity index is 728. The molecule has 0 amide bonds. The summed E-state index contributed by atoms with van der Waals surface area (Å²) in [6, 6.07) is 6.47. The Morgan fingerprint density at radius 1 is 1.35 bits per heavy atom. The van der Waals surface area contributed by atoms with Gasteiger partial charge in [0.2, 0.25) is 10.0 Å². The summed E-state index contributed by atoms with van der Waals surface area (Å²) in [4.78, 5) is 3.09. The quantitative estimate of drug-likeness (QED) is 0.802. The molecule has 0 fully saturated rings. The summed E-state index contributed by atoms with van der Waals surface area (Å²) in [6.07, 6.45) is 0. The summed E-state index contributed by atoms with van der Waals surface area (Å²) >= 11 is 5.02. The first-order valence-corrected chi connectivity index (χ1v) is 8.85. The summed E-state index contributed by atoms with van der Waals surface area (Å²) in [6.45, 7) is 0.633. The van der Waals surface area contributed by atoms with Crippen molar-refractivity contribution in [3.63, 3.8) is 0 Å². The zero-order valence-electron chi connectivity index (χ0n) is 10.7. The number of anilines is 2. The molecule has 0 spiro atoms. The van der Waals surface area contributed by atoms with Gasteiger partial charge in [0, 0.05) is 21.8 Å². The molecule has 0 aliphatic heterocycles. The van der Waals surface area contributed by atoms with Crippen molar-refractivity contribution in [1.82, 2.24) is 0 Å². The first kappa shape index (κ1) is 15.3. The number of primary sulfonamides is 1. The lowest BCUT2D eigenvalue weighted by Gasteiger charge is -2.21. The van der Waals surface area contributed by atoms with Crippen LogP contribution >= 0.6 is 27.3 Å². The number of rotatable bonds is 4. The van der Waals surface area contributed by atoms with Gasteiger partial charge >= 0.3 is 0 Å². The molecule has 0 aliphatic carbocycles. The number of hydrogen-bond acceptors (Lipinski definition) is 5. The minimum absolute atomic E-state index is 0.0564. The van der Waals surface area contributed by atoms with Gasteiger partial charge in [0.15, 0.2) is 0 Å². The number of hydrogen-bond donors (Lipinski definition) is 2. The second kappa shape index (κ2) is 5.72. The van der Waals surface area contributed by atoms with Crippen molar-refractivity contribution in [3.8, 4) is 0 Å². The van der Waals surface area contributed by atoms with E-state index >= 15 is 0 Å². The molecular formula is C12H14BrN3O2S2. The predicted molar refractivity (Wildman–Crippen MR) is 86.4 cm³/mol. The first-order chi connectivity index (χ1) is 9.27. The molecule has 108 valence electrons. The lowest BCUT2D eigenvalue weighted by molar-refractivity contribution is 0.598. The Morgan fingerprint density at radius 2 is 2.05 bits per heavy atom. The number of nitrogen functional groups attached to an aromatic ring is 1. The van der Waals surface area contributed by atoms with Gasteiger partial charge < -0.3 is 10.6 Å². The normalized spacial score (nSPS) is 11.6. The van der Waals surface area contributed by atoms with Crippen LogP contribution in [0.4, 0.5) is 11.4 Å². The topological polar surface area (TPSA) is 89.4 Å². The lowest BCUT2D eigenvalue weighted by atomic mass is 10.2. The van der Waals surface area contributed by atoms with E-state index in [4.69, 9.17) is 10.9 Å². The molecule has 1 aromatic heterocycles. The molecule has 0 bridgehead atoms. The van der Waals surface area contributed by atoms with Crippen molar-refractivity contribution in [1.29, 1.82) is 0 Å². The molecule has 1 heterocycles. The molecule has 0 atom stereocenters. The standard InChI is InChI=1S/C12H14BrN3O2S2/c1-16(6-9-4-8(13)7-19-9)12-5-10(20(15,17)18)2-3-11(12)14/h2-5,7H,6,14H2,1H3,(H2,15,17,18). The summed E-state index contributed by atoms with van der Waals surface area (Å²) in [7, 11) is -1.88. The van der Waals surface area contributed by atoms with Crippen LogP contribution in [0.2, 0.25) is 0 Å². The Morgan fingerprint density at radius 3 is 2.60 bits per heavy atom. The number of benzene rings is 1. The molecule has 5 nitrogen and oxygen atoms in total. The predicted octanol–water partition coefficient (Wildman–Crippen LogP) is 2.38. The Hall–Kier alpha value is -1.09. The third-order valence-electron chi connectivity index (χ3n) is 2.76. The van der Waals surface area contributed by atoms with Gasteiger partial charge in [-0.15, -0.1) is 11.3 Å². The van der Waals surface area contributed by atoms with Gasteiger partial charge in [0.05, 0.1) is 22.8 Å². The van der Waals surface area contributed by atoms with Gasteiger partial charge in [-0.1, -0.05) is 0 Å². The van der Waals surface area contributed by atoms with Crippen LogP contribution in [0.25, 0.3) is 0 Å². The largest absolute Gasteiger partial charge is 0.397 e. The van der Waals surface area contributed by atoms with Gasteiger partial charge in [-0.3, -0.25) is 0 Å². The molecule has 0 aliphatic rings. The van der Waals surface area contributed by atoms with Crippen LogP contribution in [0.5, 0.6) is 0 Å². The molecule has 1 aromatic carbocycles. The van der Waals surface area contributed by atoms with Crippen LogP contribution in [0.15, 0.2) is 39.0 Å². The number of nitrogens with zero attached hydrogens (tertiary/aromatic N) is 1. The molecule has 0 unspecified atom stereocenters. The van der Waals surface area contributed by atoms with Crippen LogP contribution in [0.1, 0.15) is 4.88 Å². The fourth-order valence-corrected chi connectivity index (χ4v) is 3.82. The van der Waals surface area contributed by atoms with Gasteiger partial charge in [-0.25, -0.2) is 13.6 Å². The smallest absolute Gasteiger partial charge is 0.238 e. The van der Waals surface area contributed by atoms with E-state index in [1.165, 1.54) is 12.1 Å². The minimum Gasteiger partial charge on any atom is -0.397 e. The Labute approximate surface area is 130 Å². The number of thiophene rings is 1. The van der Waals surface area contributed by atoms with E-state index in [1.807, 2.05) is 23.4 Å². The third-order valence-corrected chi connectivity index (χ3v) is 5.35. The van der Waals surface area contributed by atoms with Crippen molar-refractivity contribution < 1.29 is 8.42 Å². The van der Waals surface area contributed by atoms with Crippen molar-refractivity contribution in [2.45, 2.75) is 11.4 Å². The summed E-state index contributed by atoms with van der Waals surface area (Å²) in [5.41, 5.74) is 7.06. The fraction of sp³-hybridized carbons (Fsp3) is 0.167. The Balaban J connectivity index is 2.31. The molecule has 4 N–H and O–H groups in total. The highest BCUT2D eigenvalue weighted by Gasteiger charge is 2.13. The van der Waals surface area contributed by atoms with Crippen molar-refractivity contribution in [2.24, 2.45) is 5.14 Å². The second-order valence-corrected chi connectivity index (χ2v) is 7.83. The minimum atomic E-state index is -3.73. The lowest BCUT2D eigenvalue weighted by Crippen LogP contribution is -2.19. The second-order valence-electron chi connectivity index (χ2n) is 4.35. The van der Waals surface area contributed by atoms with Gasteiger partial charge in [-0.2, -0.15) is 0 Å². The zero-order valence-corrected chi connectivity index (χ0v) is 13.9. The summed E-state index contributed by atoms with van der Waals surface area (Å²) < 4.78 is 23.8. The average Bonchev–Trinajstić information content (AvgIpc) is 2.73. The molecule has 20 heavy (non-hydrogen) atoms. The molecule has 8 heteroatoms. The van der Waals surface area contributed by atoms with Crippen LogP contribution in [0, 0.1) is 0 Å². The number of halogens is 1. The van der Waals surface area contributed by atoms with E-state index in [0.717, 1.165) is 9.35 Å². The zero-order chi connectivity index (χ0) is 14.9. The fourth-order valence-electron chi connectivity index (χ4n) is 1.79.